The maximum absolute atomic E-state index is 14.4. The second-order valence-corrected chi connectivity index (χ2v) is 9.75. The number of halogens is 3. The molecule has 0 aliphatic rings. The van der Waals surface area contributed by atoms with Gasteiger partial charge in [0.25, 0.3) is 10.0 Å². The molecule has 0 amide bonds. The Bertz CT molecular complexity index is 1270. The molecule has 0 saturated heterocycles. The molecule has 3 aromatic carbocycles. The highest BCUT2D eigenvalue weighted by molar-refractivity contribution is 7.92. The van der Waals surface area contributed by atoms with Crippen molar-refractivity contribution in [2.24, 2.45) is 0 Å². The van der Waals surface area contributed by atoms with Crippen molar-refractivity contribution < 1.29 is 31.8 Å². The molecule has 182 valence electrons. The quantitative estimate of drug-likeness (QED) is 0.446. The molecule has 1 atom stereocenters. The fourth-order valence-corrected chi connectivity index (χ4v) is 5.47. The molecule has 6 nitrogen and oxygen atoms in total. The zero-order chi connectivity index (χ0) is 25.0. The Kier molecular flexibility index (Phi) is 8.01. The van der Waals surface area contributed by atoms with Crippen molar-refractivity contribution in [1.82, 2.24) is 0 Å². The lowest BCUT2D eigenvalue weighted by atomic mass is 10.0. The molecule has 0 aliphatic carbocycles. The Morgan fingerprint density at radius 2 is 1.65 bits per heavy atom. The number of rotatable bonds is 9. The van der Waals surface area contributed by atoms with Crippen molar-refractivity contribution in [1.29, 1.82) is 0 Å². The largest absolute Gasteiger partial charge is 0.493 e. The van der Waals surface area contributed by atoms with E-state index in [9.17, 15) is 22.3 Å². The van der Waals surface area contributed by atoms with Crippen LogP contribution < -0.4 is 13.8 Å². The van der Waals surface area contributed by atoms with Crippen molar-refractivity contribution in [2.75, 3.05) is 25.1 Å². The molecule has 0 aliphatic heterocycles. The Hall–Kier alpha value is -2.88. The lowest BCUT2D eigenvalue weighted by Crippen LogP contribution is -2.41. The molecule has 0 heterocycles. The first-order valence-corrected chi connectivity index (χ1v) is 12.0. The average Bonchev–Trinajstić information content (AvgIpc) is 2.82. The number of nitrogens with zero attached hydrogens (tertiary/aromatic N) is 1. The van der Waals surface area contributed by atoms with E-state index in [-0.39, 0.29) is 38.9 Å². The van der Waals surface area contributed by atoms with E-state index >= 15 is 0 Å². The number of benzene rings is 3. The van der Waals surface area contributed by atoms with Crippen molar-refractivity contribution in [3.8, 4) is 11.5 Å². The fourth-order valence-electron chi connectivity index (χ4n) is 3.57. The van der Waals surface area contributed by atoms with Crippen LogP contribution in [-0.2, 0) is 16.4 Å². The van der Waals surface area contributed by atoms with Gasteiger partial charge in [-0.15, -0.1) is 0 Å². The number of aliphatic hydroxyl groups excluding tert-OH is 1. The van der Waals surface area contributed by atoms with Crippen LogP contribution in [0.3, 0.4) is 0 Å². The van der Waals surface area contributed by atoms with Gasteiger partial charge in [-0.2, -0.15) is 0 Å². The Morgan fingerprint density at radius 3 is 2.24 bits per heavy atom. The van der Waals surface area contributed by atoms with Gasteiger partial charge in [0.2, 0.25) is 0 Å². The van der Waals surface area contributed by atoms with Gasteiger partial charge in [-0.3, -0.25) is 4.31 Å². The lowest BCUT2D eigenvalue weighted by molar-refractivity contribution is 0.274. The Labute approximate surface area is 202 Å². The van der Waals surface area contributed by atoms with Crippen LogP contribution in [0.15, 0.2) is 59.5 Å². The van der Waals surface area contributed by atoms with Crippen LogP contribution in [0, 0.1) is 11.6 Å². The van der Waals surface area contributed by atoms with Gasteiger partial charge in [-0.25, -0.2) is 17.2 Å². The number of aliphatic hydroxyl groups is 1. The summed E-state index contributed by atoms with van der Waals surface area (Å²) in [5, 5.41) is 10.1. The van der Waals surface area contributed by atoms with Gasteiger partial charge in [-0.1, -0.05) is 17.7 Å². The first-order chi connectivity index (χ1) is 16.1. The van der Waals surface area contributed by atoms with Crippen molar-refractivity contribution in [3.63, 3.8) is 0 Å². The molecule has 34 heavy (non-hydrogen) atoms. The Morgan fingerprint density at radius 1 is 1.00 bits per heavy atom. The van der Waals surface area contributed by atoms with Crippen LogP contribution in [0.5, 0.6) is 11.5 Å². The molecule has 0 fully saturated rings. The monoisotopic (exact) mass is 511 g/mol. The molecule has 1 N–H and O–H groups in total. The van der Waals surface area contributed by atoms with Crippen LogP contribution in [0.4, 0.5) is 14.5 Å². The minimum absolute atomic E-state index is 0.122. The van der Waals surface area contributed by atoms with Gasteiger partial charge in [0.15, 0.2) is 11.5 Å². The molecule has 0 saturated carbocycles. The Balaban J connectivity index is 2.19. The number of methoxy groups -OCH3 is 2. The zero-order valence-corrected chi connectivity index (χ0v) is 20.3. The summed E-state index contributed by atoms with van der Waals surface area (Å²) in [5.41, 5.74) is 0.162. The van der Waals surface area contributed by atoms with Crippen LogP contribution >= 0.6 is 11.6 Å². The van der Waals surface area contributed by atoms with E-state index in [1.165, 1.54) is 63.6 Å². The number of sulfonamides is 1. The minimum atomic E-state index is -4.26. The second-order valence-electron chi connectivity index (χ2n) is 7.50. The number of hydrogen-bond acceptors (Lipinski definition) is 5. The van der Waals surface area contributed by atoms with Crippen molar-refractivity contribution >= 4 is 27.3 Å². The van der Waals surface area contributed by atoms with Crippen LogP contribution in [0.1, 0.15) is 18.1 Å². The standard InChI is InChI=1S/C24H24ClF2NO5S/c1-15(14-29)28(34(30,31)18-8-10-23(32-2)24(13-18)33-3)22-9-7-17(25)11-16(22)12-19-20(26)5-4-6-21(19)27/h4-11,13,15,29H,12,14H2,1-3H3. The van der Waals surface area contributed by atoms with E-state index in [4.69, 9.17) is 21.1 Å². The third-order valence-corrected chi connectivity index (χ3v) is 7.44. The van der Waals surface area contributed by atoms with Crippen molar-refractivity contribution in [2.45, 2.75) is 24.3 Å². The summed E-state index contributed by atoms with van der Waals surface area (Å²) in [6.07, 6.45) is -0.259. The predicted octanol–water partition coefficient (Wildman–Crippen LogP) is 4.80. The highest BCUT2D eigenvalue weighted by Gasteiger charge is 2.32. The first kappa shape index (κ1) is 25.7. The third-order valence-electron chi connectivity index (χ3n) is 5.28. The molecule has 0 bridgehead atoms. The maximum atomic E-state index is 14.4. The molecule has 0 spiro atoms. The molecular formula is C24H24ClF2NO5S. The lowest BCUT2D eigenvalue weighted by Gasteiger charge is -2.31. The van der Waals surface area contributed by atoms with Gasteiger partial charge in [0.1, 0.15) is 11.6 Å². The summed E-state index contributed by atoms with van der Waals surface area (Å²) in [6.45, 7) is 1.00. The summed E-state index contributed by atoms with van der Waals surface area (Å²) >= 11 is 6.15. The maximum Gasteiger partial charge on any atom is 0.264 e. The van der Waals surface area contributed by atoms with E-state index in [0.29, 0.717) is 5.75 Å². The van der Waals surface area contributed by atoms with E-state index in [1.807, 2.05) is 0 Å². The van der Waals surface area contributed by atoms with E-state index in [1.54, 1.807) is 0 Å². The van der Waals surface area contributed by atoms with Gasteiger partial charge in [0.05, 0.1) is 37.5 Å². The number of ether oxygens (including phenoxy) is 2. The zero-order valence-electron chi connectivity index (χ0n) is 18.8. The molecule has 3 aromatic rings. The van der Waals surface area contributed by atoms with Crippen molar-refractivity contribution in [3.05, 3.63) is 82.4 Å². The summed E-state index contributed by atoms with van der Waals surface area (Å²) < 4.78 is 67.7. The van der Waals surface area contributed by atoms with Gasteiger partial charge in [0, 0.05) is 23.1 Å². The number of anilines is 1. The SMILES string of the molecule is COc1ccc(S(=O)(=O)N(c2ccc(Cl)cc2Cc2c(F)cccc2F)C(C)CO)cc1OC. The molecular weight excluding hydrogens is 488 g/mol. The summed E-state index contributed by atoms with van der Waals surface area (Å²) in [6, 6.07) is 11.0. The molecule has 10 heteroatoms. The predicted molar refractivity (Wildman–Crippen MR) is 126 cm³/mol. The van der Waals surface area contributed by atoms with E-state index in [0.717, 1.165) is 16.4 Å². The normalized spacial score (nSPS) is 12.3. The highest BCUT2D eigenvalue weighted by atomic mass is 35.5. The van der Waals surface area contributed by atoms with Gasteiger partial charge in [-0.05, 0) is 55.0 Å². The molecule has 3 rings (SSSR count). The fraction of sp³-hybridized carbons (Fsp3) is 0.250. The van der Waals surface area contributed by atoms with E-state index in [2.05, 4.69) is 0 Å². The second kappa shape index (κ2) is 10.6. The van der Waals surface area contributed by atoms with Gasteiger partial charge < -0.3 is 14.6 Å². The summed E-state index contributed by atoms with van der Waals surface area (Å²) in [7, 11) is -1.46. The third kappa shape index (κ3) is 5.11. The highest BCUT2D eigenvalue weighted by Crippen LogP contribution is 2.36. The van der Waals surface area contributed by atoms with Crippen LogP contribution in [-0.4, -0.2) is 40.4 Å². The topological polar surface area (TPSA) is 76.1 Å². The van der Waals surface area contributed by atoms with Gasteiger partial charge >= 0.3 is 0 Å². The molecule has 1 unspecified atom stereocenters. The summed E-state index contributed by atoms with van der Waals surface area (Å²) in [5.74, 6) is -0.999. The van der Waals surface area contributed by atoms with Crippen LogP contribution in [0.2, 0.25) is 5.02 Å². The minimum Gasteiger partial charge on any atom is -0.493 e. The smallest absolute Gasteiger partial charge is 0.264 e. The molecule has 0 radical (unpaired) electrons. The van der Waals surface area contributed by atoms with E-state index < -0.39 is 34.3 Å². The number of hydrogen-bond donors (Lipinski definition) is 1. The average molecular weight is 512 g/mol. The summed E-state index contributed by atoms with van der Waals surface area (Å²) in [4.78, 5) is -0.122. The first-order valence-electron chi connectivity index (χ1n) is 10.2. The van der Waals surface area contributed by atoms with Crippen LogP contribution in [0.25, 0.3) is 0 Å². The molecule has 0 aromatic heterocycles.